The third kappa shape index (κ3) is 1.86. The van der Waals surface area contributed by atoms with E-state index < -0.39 is 0 Å². The van der Waals surface area contributed by atoms with Gasteiger partial charge in [-0.25, -0.2) is 5.32 Å². The van der Waals surface area contributed by atoms with Crippen LogP contribution in [-0.2, 0) is 0 Å². The number of fused-ring (bicyclic) bond motifs is 1. The maximum atomic E-state index is 3.35. The quantitative estimate of drug-likeness (QED) is 0.436. The summed E-state index contributed by atoms with van der Waals surface area (Å²) in [6, 6.07) is 8.29. The molecule has 0 amide bonds. The zero-order chi connectivity index (χ0) is 10.8. The predicted molar refractivity (Wildman–Crippen MR) is 64.8 cm³/mol. The van der Waals surface area contributed by atoms with E-state index in [1.165, 1.54) is 10.9 Å². The van der Waals surface area contributed by atoms with E-state index in [2.05, 4.69) is 35.4 Å². The Bertz CT molecular complexity index is 505. The Kier molecular flexibility index (Phi) is 2.46. The fourth-order valence-electron chi connectivity index (χ4n) is 1.66. The van der Waals surface area contributed by atoms with Crippen LogP contribution in [-0.4, -0.2) is 30.0 Å². The number of aromatic amines is 1. The molecule has 1 aromatic carbocycles. The molecule has 0 atom stereocenters. The first-order chi connectivity index (χ1) is 7.18. The van der Waals surface area contributed by atoms with Crippen LogP contribution in [0.3, 0.4) is 0 Å². The van der Waals surface area contributed by atoms with Crippen molar-refractivity contribution in [3.8, 4) is 0 Å². The molecule has 0 aliphatic carbocycles. The predicted octanol–water partition coefficient (Wildman–Crippen LogP) is 2.19. The number of nitrogens with zero attached hydrogens (tertiary/aromatic N) is 1. The van der Waals surface area contributed by atoms with Crippen molar-refractivity contribution in [1.29, 1.82) is 0 Å². The van der Waals surface area contributed by atoms with E-state index >= 15 is 0 Å². The Morgan fingerprint density at radius 1 is 1.27 bits per heavy atom. The lowest BCUT2D eigenvalue weighted by Gasteiger charge is -1.94. The van der Waals surface area contributed by atoms with Crippen molar-refractivity contribution < 1.29 is 4.58 Å². The minimum atomic E-state index is 1.15. The van der Waals surface area contributed by atoms with Crippen LogP contribution in [0.1, 0.15) is 5.69 Å². The van der Waals surface area contributed by atoms with Crippen molar-refractivity contribution in [2.45, 2.75) is 6.92 Å². The summed E-state index contributed by atoms with van der Waals surface area (Å²) in [5, 5.41) is 4.53. The van der Waals surface area contributed by atoms with Crippen molar-refractivity contribution in [1.82, 2.24) is 4.98 Å². The average molecular weight is 202 g/mol. The number of hydrogen-bond acceptors (Lipinski definition) is 0. The number of para-hydroxylation sites is 1. The summed E-state index contributed by atoms with van der Waals surface area (Å²) in [5.74, 6) is 0. The topological polar surface area (TPSA) is 30.8 Å². The molecule has 0 radical (unpaired) electrons. The third-order valence-electron chi connectivity index (χ3n) is 2.36. The molecule has 0 unspecified atom stereocenters. The van der Waals surface area contributed by atoms with Gasteiger partial charge in [0.05, 0.1) is 19.8 Å². The van der Waals surface area contributed by atoms with Crippen molar-refractivity contribution >= 4 is 22.9 Å². The molecule has 0 aliphatic rings. The number of benzene rings is 1. The average Bonchev–Trinajstić information content (AvgIpc) is 2.50. The van der Waals surface area contributed by atoms with Gasteiger partial charge in [0.2, 0.25) is 6.34 Å². The molecule has 0 saturated carbocycles. The lowest BCUT2D eigenvalue weighted by atomic mass is 10.2. The highest BCUT2D eigenvalue weighted by molar-refractivity contribution is 5.98. The highest BCUT2D eigenvalue weighted by Crippen LogP contribution is 2.26. The summed E-state index contributed by atoms with van der Waals surface area (Å²) in [5.41, 5.74) is 3.48. The smallest absolute Gasteiger partial charge is 0.236 e. The highest BCUT2D eigenvalue weighted by Gasteiger charge is 2.09. The minimum absolute atomic E-state index is 1.15. The molecule has 1 heterocycles. The number of H-pyrrole nitrogens is 1. The first kappa shape index (κ1) is 9.77. The number of aryl methyl sites for hydroxylation is 1. The Morgan fingerprint density at radius 3 is 2.73 bits per heavy atom. The van der Waals surface area contributed by atoms with E-state index in [4.69, 9.17) is 0 Å². The molecule has 1 aromatic heterocycles. The zero-order valence-corrected chi connectivity index (χ0v) is 9.33. The van der Waals surface area contributed by atoms with Crippen LogP contribution in [0.4, 0.5) is 5.69 Å². The van der Waals surface area contributed by atoms with Gasteiger partial charge in [-0.05, 0) is 19.1 Å². The molecule has 3 heteroatoms. The van der Waals surface area contributed by atoms with Crippen LogP contribution >= 0.6 is 0 Å². The van der Waals surface area contributed by atoms with Crippen LogP contribution in [0.2, 0.25) is 0 Å². The van der Waals surface area contributed by atoms with Crippen molar-refractivity contribution in [3.05, 3.63) is 30.0 Å². The monoisotopic (exact) mass is 202 g/mol. The van der Waals surface area contributed by atoms with Crippen molar-refractivity contribution in [3.63, 3.8) is 0 Å². The fraction of sp³-hybridized carbons (Fsp3) is 0.250. The van der Waals surface area contributed by atoms with Gasteiger partial charge in [0.1, 0.15) is 0 Å². The number of hydrogen-bond donors (Lipinski definition) is 2. The second kappa shape index (κ2) is 3.77. The van der Waals surface area contributed by atoms with Gasteiger partial charge < -0.3 is 4.98 Å². The van der Waals surface area contributed by atoms with Crippen LogP contribution in [0.25, 0.3) is 10.9 Å². The number of rotatable bonds is 2. The molecule has 2 rings (SSSR count). The van der Waals surface area contributed by atoms with E-state index in [-0.39, 0.29) is 0 Å². The highest BCUT2D eigenvalue weighted by atomic mass is 15.0. The van der Waals surface area contributed by atoms with E-state index in [0.717, 1.165) is 11.4 Å². The van der Waals surface area contributed by atoms with Crippen LogP contribution in [0.5, 0.6) is 0 Å². The SMILES string of the molecule is Cc1[nH]c2ccccc2c1NC=[N+](C)C. The molecule has 2 N–H and O–H groups in total. The van der Waals surface area contributed by atoms with Gasteiger partial charge >= 0.3 is 0 Å². The van der Waals surface area contributed by atoms with Crippen molar-refractivity contribution in [2.24, 2.45) is 0 Å². The molecule has 15 heavy (non-hydrogen) atoms. The summed E-state index contributed by atoms with van der Waals surface area (Å²) >= 11 is 0. The molecule has 2 aromatic rings. The summed E-state index contributed by atoms with van der Waals surface area (Å²) in [6.07, 6.45) is 1.95. The Morgan fingerprint density at radius 2 is 2.00 bits per heavy atom. The van der Waals surface area contributed by atoms with Gasteiger partial charge in [0.25, 0.3) is 0 Å². The minimum Gasteiger partial charge on any atom is -0.355 e. The zero-order valence-electron chi connectivity index (χ0n) is 9.33. The normalized spacial score (nSPS) is 10.3. The molecule has 3 nitrogen and oxygen atoms in total. The summed E-state index contributed by atoms with van der Waals surface area (Å²) in [6.45, 7) is 2.08. The standard InChI is InChI=1S/C12H15N3/c1-9-12(13-8-15(2)3)10-6-4-5-7-11(10)14-9/h4-8,14H,1-3H3/p+1. The molecule has 0 spiro atoms. The van der Waals surface area contributed by atoms with Gasteiger partial charge in [-0.1, -0.05) is 12.1 Å². The van der Waals surface area contributed by atoms with Crippen LogP contribution in [0.15, 0.2) is 24.3 Å². The maximum Gasteiger partial charge on any atom is 0.236 e. The molecule has 0 fully saturated rings. The Balaban J connectivity index is 2.49. The molecular weight excluding hydrogens is 186 g/mol. The first-order valence-electron chi connectivity index (χ1n) is 5.02. The fourth-order valence-corrected chi connectivity index (χ4v) is 1.66. The lowest BCUT2D eigenvalue weighted by molar-refractivity contribution is -0.459. The van der Waals surface area contributed by atoms with E-state index in [9.17, 15) is 0 Å². The van der Waals surface area contributed by atoms with Gasteiger partial charge in [0, 0.05) is 10.9 Å². The number of nitrogens with one attached hydrogen (secondary N) is 2. The van der Waals surface area contributed by atoms with Crippen LogP contribution in [0, 0.1) is 6.92 Å². The second-order valence-corrected chi connectivity index (χ2v) is 3.91. The molecule has 0 aliphatic heterocycles. The summed E-state index contributed by atoms with van der Waals surface area (Å²) in [4.78, 5) is 3.35. The third-order valence-corrected chi connectivity index (χ3v) is 2.36. The van der Waals surface area contributed by atoms with E-state index in [1.807, 2.05) is 31.1 Å². The number of aromatic nitrogens is 1. The number of anilines is 1. The van der Waals surface area contributed by atoms with E-state index in [1.54, 1.807) is 0 Å². The van der Waals surface area contributed by atoms with Crippen molar-refractivity contribution in [2.75, 3.05) is 19.4 Å². The van der Waals surface area contributed by atoms with Gasteiger partial charge in [-0.2, -0.15) is 0 Å². The second-order valence-electron chi connectivity index (χ2n) is 3.91. The van der Waals surface area contributed by atoms with Gasteiger partial charge in [-0.3, -0.25) is 4.58 Å². The molecule has 78 valence electrons. The van der Waals surface area contributed by atoms with Gasteiger partial charge in [-0.15, -0.1) is 0 Å². The maximum absolute atomic E-state index is 3.35. The first-order valence-corrected chi connectivity index (χ1v) is 5.02. The molecular formula is C12H16N3+. The Hall–Kier alpha value is -1.77. The summed E-state index contributed by atoms with van der Waals surface area (Å²) < 4.78 is 1.99. The van der Waals surface area contributed by atoms with Gasteiger partial charge in [0.15, 0.2) is 5.69 Å². The Labute approximate surface area is 89.4 Å². The molecule has 0 saturated heterocycles. The molecule has 0 bridgehead atoms. The largest absolute Gasteiger partial charge is 0.355 e. The summed E-state index contributed by atoms with van der Waals surface area (Å²) in [7, 11) is 3.99. The lowest BCUT2D eigenvalue weighted by Crippen LogP contribution is -2.07. The van der Waals surface area contributed by atoms with E-state index in [0.29, 0.717) is 0 Å². The van der Waals surface area contributed by atoms with Crippen LogP contribution < -0.4 is 5.32 Å².